The number of nitrogens with two attached hydrogens (primary N) is 1. The van der Waals surface area contributed by atoms with Gasteiger partial charge in [-0.1, -0.05) is 95.3 Å². The predicted molar refractivity (Wildman–Crippen MR) is 455 cm³/mol. The average Bonchev–Trinajstić information content (AvgIpc) is 0.668. The molecule has 2 bridgehead atoms. The van der Waals surface area contributed by atoms with E-state index in [9.17, 15) is 53.4 Å². The van der Waals surface area contributed by atoms with Crippen LogP contribution in [0.1, 0.15) is 143 Å². The SMILES string of the molecule is CC(=O)C[C@H](C)C(=O)N[C@H](C)C(=O)N[C@H](CC(N)=O)C(=O)Nc1ccc(COC(=O)OC(C(=O)OC2C[C@@]3(O)[C@@H](OC(=O)c4ccccc4)[C@H]4[C@](C)(C(=O)[C@H](O)C(=C2C)C3(C)C)[C@@H](C)CC2OC[C@]24OC(C)=O)[C@@H](NC(=O)OC(C)(C)C)c2ccccc2)cc1.CCOCCOCCOCCOCCOCCOCCOCCOCCOCCOCCOCCOC. The number of Topliss-reactive ketones (excluding diaryl/α,β-unsaturated/α-hetero) is 2. The van der Waals surface area contributed by atoms with Crippen LogP contribution < -0.4 is 27.0 Å². The van der Waals surface area contributed by atoms with E-state index in [4.69, 9.17) is 95.7 Å². The van der Waals surface area contributed by atoms with E-state index in [0.717, 1.165) is 0 Å². The Kier molecular flexibility index (Phi) is 45.2. The number of aliphatic hydroxyl groups is 2. The second-order valence-corrected chi connectivity index (χ2v) is 32.9. The van der Waals surface area contributed by atoms with Crippen LogP contribution in [0.15, 0.2) is 96.1 Å². The summed E-state index contributed by atoms with van der Waals surface area (Å²) in [5.74, 6) is -9.99. The van der Waals surface area contributed by atoms with Crippen LogP contribution in [-0.2, 0) is 135 Å². The van der Waals surface area contributed by atoms with Gasteiger partial charge in [0.05, 0.1) is 170 Å². The summed E-state index contributed by atoms with van der Waals surface area (Å²) in [5.41, 5.74) is -2.45. The number of amides is 5. The molecule has 3 unspecified atom stereocenters. The topological polar surface area (TPSA) is 478 Å². The van der Waals surface area contributed by atoms with Gasteiger partial charge in [0.25, 0.3) is 0 Å². The summed E-state index contributed by atoms with van der Waals surface area (Å²) in [7, 11) is 1.65. The number of nitrogens with one attached hydrogen (secondary N) is 4. The summed E-state index contributed by atoms with van der Waals surface area (Å²) in [6.45, 7) is 32.0. The smallest absolute Gasteiger partial charge is 0.455 e. The minimum absolute atomic E-state index is 0.0587. The molecule has 3 aromatic rings. The standard InChI is InChI=1S/C65H81N5O20.C25H52O12/c1-33(27-35(3)71)54(76)67-37(5)55(77)69-43(29-46(66)73)56(78)68-42-25-23-39(24-26-42)31-84-60(82)87-50(48(40-19-15-13-16-20-40)70-59(81)90-61(7,8)9)58(80)86-44-30-65(83)53(88-57(79)41-21-17-14-18-22-41)51-63(12,52(75)49(74)47(36(44)4)62(65,10)11)34(2)28-45-64(51,32-85-45)89-38(6)72;1-3-27-6-7-29-10-11-31-14-15-33-18-19-35-22-23-37-25-24-36-21-20-34-17-16-32-13-12-30-9-8-28-5-4-26-2/h13-26,33-34,37,43-45,48-51,53,74,83H,27-32H2,1-12H3,(H2,66,73)(H,67,76)(H,68,78)(H,69,77)(H,70,81);3-25H2,1-2H3/t33-,34-,37+,43+,44?,45?,48-,49+,50?,51-,53-,63+,64-,65+;/m0./s1. The van der Waals surface area contributed by atoms with Crippen LogP contribution in [0.4, 0.5) is 15.3 Å². The Morgan fingerprint density at radius 2 is 1.11 bits per heavy atom. The lowest BCUT2D eigenvalue weighted by atomic mass is 9.43. The zero-order valence-corrected chi connectivity index (χ0v) is 75.7. The van der Waals surface area contributed by atoms with Gasteiger partial charge in [-0.2, -0.15) is 0 Å². The number of carbonyl (C=O) groups excluding carboxylic acids is 11. The molecule has 3 fully saturated rings. The number of ether oxygens (including phenoxy) is 19. The van der Waals surface area contributed by atoms with Gasteiger partial charge in [0.15, 0.2) is 11.4 Å². The third kappa shape index (κ3) is 33.1. The first-order valence-electron chi connectivity index (χ1n) is 42.9. The molecule has 0 radical (unpaired) electrons. The van der Waals surface area contributed by atoms with Crippen LogP contribution in [0.2, 0.25) is 0 Å². The monoisotopic (exact) mass is 1800 g/mol. The Balaban J connectivity index is 0.000000565. The van der Waals surface area contributed by atoms with Crippen LogP contribution in [0.3, 0.4) is 0 Å². The molecule has 3 aliphatic carbocycles. The number of esters is 3. The first kappa shape index (κ1) is 107. The molecule has 0 aromatic heterocycles. The van der Waals surface area contributed by atoms with E-state index in [0.29, 0.717) is 158 Å². The minimum atomic E-state index is -2.42. The maximum Gasteiger partial charge on any atom is 0.509 e. The van der Waals surface area contributed by atoms with Crippen molar-refractivity contribution in [2.45, 2.75) is 188 Å². The van der Waals surface area contributed by atoms with Gasteiger partial charge in [0.1, 0.15) is 66.1 Å². The highest BCUT2D eigenvalue weighted by molar-refractivity contribution is 6.01. The van der Waals surface area contributed by atoms with Gasteiger partial charge in [-0.15, -0.1) is 0 Å². The summed E-state index contributed by atoms with van der Waals surface area (Å²) in [6, 6.07) is 17.1. The van der Waals surface area contributed by atoms with Crippen molar-refractivity contribution < 1.29 is 153 Å². The van der Waals surface area contributed by atoms with E-state index in [-0.39, 0.29) is 53.2 Å². The summed E-state index contributed by atoms with van der Waals surface area (Å²) in [6.07, 6.45) is -12.0. The highest BCUT2D eigenvalue weighted by atomic mass is 16.7. The van der Waals surface area contributed by atoms with Crippen molar-refractivity contribution >= 4 is 71.0 Å². The molecule has 4 aliphatic rings. The lowest BCUT2D eigenvalue weighted by molar-refractivity contribution is -0.340. The van der Waals surface area contributed by atoms with Crippen molar-refractivity contribution in [2.75, 3.05) is 171 Å². The third-order valence-corrected chi connectivity index (χ3v) is 22.0. The van der Waals surface area contributed by atoms with Gasteiger partial charge >= 0.3 is 30.2 Å². The van der Waals surface area contributed by atoms with Crippen LogP contribution in [-0.4, -0.2) is 301 Å². The number of ketones is 2. The largest absolute Gasteiger partial charge is 0.509 e. The second-order valence-electron chi connectivity index (χ2n) is 32.9. The normalized spacial score (nSPS) is 22.2. The van der Waals surface area contributed by atoms with E-state index in [1.807, 2.05) is 6.92 Å². The molecule has 0 spiro atoms. The Morgan fingerprint density at radius 1 is 0.622 bits per heavy atom. The van der Waals surface area contributed by atoms with Crippen molar-refractivity contribution in [3.8, 4) is 0 Å². The molecule has 1 aliphatic heterocycles. The molecule has 14 atom stereocenters. The molecule has 2 saturated carbocycles. The third-order valence-electron chi connectivity index (χ3n) is 22.0. The van der Waals surface area contributed by atoms with E-state index in [1.54, 1.807) is 92.0 Å². The first-order chi connectivity index (χ1) is 60.4. The van der Waals surface area contributed by atoms with Gasteiger partial charge in [-0.05, 0) is 107 Å². The summed E-state index contributed by atoms with van der Waals surface area (Å²) >= 11 is 0. The van der Waals surface area contributed by atoms with Gasteiger partial charge in [-0.25, -0.2) is 19.2 Å². The lowest BCUT2D eigenvalue weighted by Crippen LogP contribution is -2.80. The molecule has 3 aromatic carbocycles. The molecule has 127 heavy (non-hydrogen) atoms. The Hall–Kier alpha value is -9.03. The first-order valence-corrected chi connectivity index (χ1v) is 42.9. The highest BCUT2D eigenvalue weighted by Gasteiger charge is 2.77. The van der Waals surface area contributed by atoms with Gasteiger partial charge in [-0.3, -0.25) is 28.8 Å². The molecule has 7 rings (SSSR count). The number of hydrogen-bond acceptors (Lipinski definition) is 32. The van der Waals surface area contributed by atoms with Crippen molar-refractivity contribution in [3.05, 3.63) is 113 Å². The fourth-order valence-electron chi connectivity index (χ4n) is 15.3. The summed E-state index contributed by atoms with van der Waals surface area (Å²) in [5, 5.41) is 36.7. The van der Waals surface area contributed by atoms with E-state index in [1.165, 1.54) is 83.1 Å². The Bertz CT molecular complexity index is 3950. The van der Waals surface area contributed by atoms with Crippen LogP contribution in [0.25, 0.3) is 0 Å². The molecular weight excluding hydrogens is 1660 g/mol. The number of alkyl carbamates (subject to hydrolysis) is 1. The van der Waals surface area contributed by atoms with E-state index >= 15 is 9.59 Å². The minimum Gasteiger partial charge on any atom is -0.455 e. The summed E-state index contributed by atoms with van der Waals surface area (Å²) < 4.78 is 106. The Morgan fingerprint density at radius 3 is 1.56 bits per heavy atom. The van der Waals surface area contributed by atoms with Crippen molar-refractivity contribution in [3.63, 3.8) is 0 Å². The van der Waals surface area contributed by atoms with Crippen LogP contribution in [0.5, 0.6) is 0 Å². The number of rotatable bonds is 55. The number of carbonyl (C=O) groups is 11. The molecule has 5 amide bonds. The van der Waals surface area contributed by atoms with Crippen molar-refractivity contribution in [1.29, 1.82) is 0 Å². The van der Waals surface area contributed by atoms with Crippen LogP contribution in [0, 0.1) is 28.6 Å². The Labute approximate surface area is 742 Å². The van der Waals surface area contributed by atoms with E-state index < -0.39 is 173 Å². The summed E-state index contributed by atoms with van der Waals surface area (Å²) in [4.78, 5) is 149. The highest BCUT2D eigenvalue weighted by Crippen LogP contribution is 2.65. The number of fused-ring (bicyclic) bond motifs is 5. The predicted octanol–water partition coefficient (Wildman–Crippen LogP) is 6.15. The quantitative estimate of drug-likeness (QED) is 0.0144. The molecular formula is C90H133N5O32. The number of aliphatic hydroxyl groups excluding tert-OH is 1. The van der Waals surface area contributed by atoms with Gasteiger partial charge in [0.2, 0.25) is 29.7 Å². The maximum absolute atomic E-state index is 15.5. The zero-order valence-electron chi connectivity index (χ0n) is 75.7. The number of anilines is 1. The zero-order chi connectivity index (χ0) is 93.3. The number of methoxy groups -OCH3 is 1. The fourth-order valence-corrected chi connectivity index (χ4v) is 15.3. The van der Waals surface area contributed by atoms with Gasteiger partial charge < -0.3 is 132 Å². The van der Waals surface area contributed by atoms with Crippen molar-refractivity contribution in [1.82, 2.24) is 16.0 Å². The molecule has 37 nitrogen and oxygen atoms in total. The molecule has 1 saturated heterocycles. The number of benzene rings is 3. The van der Waals surface area contributed by atoms with Crippen LogP contribution >= 0.6 is 0 Å². The van der Waals surface area contributed by atoms with Crippen molar-refractivity contribution in [2.24, 2.45) is 34.3 Å². The maximum atomic E-state index is 15.5. The van der Waals surface area contributed by atoms with Gasteiger partial charge in [0, 0.05) is 55.9 Å². The molecule has 37 heteroatoms. The molecule has 8 N–H and O–H groups in total. The molecule has 1 heterocycles. The molecule has 710 valence electrons. The fraction of sp³-hybridized carbons (Fsp3) is 0.656. The average molecular weight is 1800 g/mol. The number of hydrogen-bond donors (Lipinski definition) is 7. The second kappa shape index (κ2) is 53.8. The lowest BCUT2D eigenvalue weighted by Gasteiger charge is -2.68. The number of primary amides is 1. The van der Waals surface area contributed by atoms with E-state index in [2.05, 4.69) is 21.3 Å².